The first-order chi connectivity index (χ1) is 10.4. The van der Waals surface area contributed by atoms with Gasteiger partial charge in [0.1, 0.15) is 12.4 Å². The van der Waals surface area contributed by atoms with Crippen molar-refractivity contribution in [3.05, 3.63) is 65.4 Å². The van der Waals surface area contributed by atoms with Crippen LogP contribution in [0.4, 0.5) is 0 Å². The Kier molecular flexibility index (Phi) is 3.13. The van der Waals surface area contributed by atoms with Gasteiger partial charge in [0.05, 0.1) is 5.52 Å². The minimum absolute atomic E-state index is 0.599. The molecule has 1 aromatic heterocycles. The van der Waals surface area contributed by atoms with E-state index in [-0.39, 0.29) is 0 Å². The van der Waals surface area contributed by atoms with Crippen molar-refractivity contribution in [2.24, 2.45) is 0 Å². The maximum absolute atomic E-state index is 6.03. The van der Waals surface area contributed by atoms with Gasteiger partial charge < -0.3 is 15.0 Å². The number of H-pyrrole nitrogens is 1. The van der Waals surface area contributed by atoms with Crippen LogP contribution in [0.3, 0.4) is 0 Å². The van der Waals surface area contributed by atoms with Gasteiger partial charge in [0.2, 0.25) is 0 Å². The van der Waals surface area contributed by atoms with Crippen molar-refractivity contribution in [3.8, 4) is 5.75 Å². The van der Waals surface area contributed by atoms with E-state index in [0.29, 0.717) is 6.61 Å². The summed E-state index contributed by atoms with van der Waals surface area (Å²) in [5.41, 5.74) is 5.05. The van der Waals surface area contributed by atoms with Gasteiger partial charge in [0.25, 0.3) is 0 Å². The molecular formula is C18H18N2O. The van der Waals surface area contributed by atoms with E-state index in [1.165, 1.54) is 22.2 Å². The van der Waals surface area contributed by atoms with Crippen molar-refractivity contribution in [1.82, 2.24) is 10.3 Å². The van der Waals surface area contributed by atoms with Gasteiger partial charge in [-0.3, -0.25) is 0 Å². The number of aromatic nitrogens is 1. The van der Waals surface area contributed by atoms with Crippen molar-refractivity contribution in [1.29, 1.82) is 0 Å². The standard InChI is InChI=1S/C18H18N2O/c1-2-5-13(6-3-1)12-21-17-8-4-7-15-14-9-10-19-11-16(14)20-18(15)17/h1-8,19-20H,9-12H2. The fraction of sp³-hybridized carbons (Fsp3) is 0.222. The summed E-state index contributed by atoms with van der Waals surface area (Å²) in [6.07, 6.45) is 1.08. The number of hydrogen-bond donors (Lipinski definition) is 2. The van der Waals surface area contributed by atoms with E-state index in [2.05, 4.69) is 34.6 Å². The highest BCUT2D eigenvalue weighted by molar-refractivity contribution is 5.89. The van der Waals surface area contributed by atoms with Gasteiger partial charge in [-0.05, 0) is 30.2 Å². The average Bonchev–Trinajstić information content (AvgIpc) is 2.93. The summed E-state index contributed by atoms with van der Waals surface area (Å²) < 4.78 is 6.03. The van der Waals surface area contributed by atoms with Gasteiger partial charge in [-0.15, -0.1) is 0 Å². The molecule has 0 amide bonds. The molecule has 2 N–H and O–H groups in total. The molecule has 0 fully saturated rings. The lowest BCUT2D eigenvalue weighted by Crippen LogP contribution is -2.22. The third-order valence-electron chi connectivity index (χ3n) is 4.08. The monoisotopic (exact) mass is 278 g/mol. The largest absolute Gasteiger partial charge is 0.487 e. The molecule has 2 aromatic carbocycles. The zero-order chi connectivity index (χ0) is 14.1. The highest BCUT2D eigenvalue weighted by Crippen LogP contribution is 2.31. The van der Waals surface area contributed by atoms with Crippen molar-refractivity contribution in [2.75, 3.05) is 6.54 Å². The Labute approximate surface area is 123 Å². The van der Waals surface area contributed by atoms with Crippen LogP contribution in [0.15, 0.2) is 48.5 Å². The van der Waals surface area contributed by atoms with Crippen LogP contribution >= 0.6 is 0 Å². The topological polar surface area (TPSA) is 37.0 Å². The predicted molar refractivity (Wildman–Crippen MR) is 84.5 cm³/mol. The van der Waals surface area contributed by atoms with Crippen molar-refractivity contribution in [3.63, 3.8) is 0 Å². The number of rotatable bonds is 3. The number of nitrogens with one attached hydrogen (secondary N) is 2. The minimum atomic E-state index is 0.599. The smallest absolute Gasteiger partial charge is 0.143 e. The van der Waals surface area contributed by atoms with E-state index in [1.807, 2.05) is 24.3 Å². The second-order valence-electron chi connectivity index (χ2n) is 5.46. The van der Waals surface area contributed by atoms with Crippen molar-refractivity contribution >= 4 is 10.9 Å². The molecule has 1 aliphatic rings. The number of para-hydroxylation sites is 1. The van der Waals surface area contributed by atoms with Crippen LogP contribution in [-0.4, -0.2) is 11.5 Å². The van der Waals surface area contributed by atoms with Crippen LogP contribution in [0, 0.1) is 0 Å². The highest BCUT2D eigenvalue weighted by atomic mass is 16.5. The lowest BCUT2D eigenvalue weighted by atomic mass is 10.0. The van der Waals surface area contributed by atoms with E-state index in [1.54, 1.807) is 0 Å². The van der Waals surface area contributed by atoms with E-state index in [0.717, 1.165) is 30.8 Å². The number of aromatic amines is 1. The molecule has 0 saturated carbocycles. The molecule has 1 aliphatic heterocycles. The van der Waals surface area contributed by atoms with Crippen molar-refractivity contribution < 1.29 is 4.74 Å². The van der Waals surface area contributed by atoms with Crippen LogP contribution < -0.4 is 10.1 Å². The average molecular weight is 278 g/mol. The zero-order valence-corrected chi connectivity index (χ0v) is 11.9. The van der Waals surface area contributed by atoms with E-state index in [9.17, 15) is 0 Å². The van der Waals surface area contributed by atoms with Gasteiger partial charge in [-0.1, -0.05) is 42.5 Å². The summed E-state index contributed by atoms with van der Waals surface area (Å²) in [5, 5.41) is 4.71. The van der Waals surface area contributed by atoms with Gasteiger partial charge in [0, 0.05) is 17.6 Å². The Bertz CT molecular complexity index is 761. The Morgan fingerprint density at radius 3 is 2.81 bits per heavy atom. The minimum Gasteiger partial charge on any atom is -0.487 e. The summed E-state index contributed by atoms with van der Waals surface area (Å²) in [5.74, 6) is 0.936. The molecule has 0 saturated heterocycles. The van der Waals surface area contributed by atoms with Crippen LogP contribution in [-0.2, 0) is 19.6 Å². The third kappa shape index (κ3) is 2.30. The molecule has 0 unspecified atom stereocenters. The number of benzene rings is 2. The molecule has 0 bridgehead atoms. The Hall–Kier alpha value is -2.26. The Balaban J connectivity index is 1.67. The molecule has 3 aromatic rings. The zero-order valence-electron chi connectivity index (χ0n) is 11.9. The Morgan fingerprint density at radius 1 is 1.00 bits per heavy atom. The quantitative estimate of drug-likeness (QED) is 0.770. The van der Waals surface area contributed by atoms with Gasteiger partial charge in [-0.25, -0.2) is 0 Å². The van der Waals surface area contributed by atoms with E-state index >= 15 is 0 Å². The van der Waals surface area contributed by atoms with Gasteiger partial charge in [-0.2, -0.15) is 0 Å². The second-order valence-corrected chi connectivity index (χ2v) is 5.46. The summed E-state index contributed by atoms with van der Waals surface area (Å²) >= 11 is 0. The van der Waals surface area contributed by atoms with Crippen molar-refractivity contribution in [2.45, 2.75) is 19.6 Å². The molecular weight excluding hydrogens is 260 g/mol. The second kappa shape index (κ2) is 5.26. The maximum atomic E-state index is 6.03. The third-order valence-corrected chi connectivity index (χ3v) is 4.08. The summed E-state index contributed by atoms with van der Waals surface area (Å²) in [7, 11) is 0. The number of fused-ring (bicyclic) bond motifs is 3. The maximum Gasteiger partial charge on any atom is 0.143 e. The fourth-order valence-electron chi connectivity index (χ4n) is 3.02. The molecule has 0 radical (unpaired) electrons. The van der Waals surface area contributed by atoms with Gasteiger partial charge in [0.15, 0.2) is 0 Å². The number of ether oxygens (including phenoxy) is 1. The van der Waals surface area contributed by atoms with Crippen LogP contribution in [0.2, 0.25) is 0 Å². The summed E-state index contributed by atoms with van der Waals surface area (Å²) in [4.78, 5) is 3.53. The molecule has 106 valence electrons. The lowest BCUT2D eigenvalue weighted by molar-refractivity contribution is 0.309. The molecule has 0 atom stereocenters. The molecule has 0 spiro atoms. The molecule has 4 rings (SSSR count). The molecule has 0 aliphatic carbocycles. The van der Waals surface area contributed by atoms with Crippen LogP contribution in [0.5, 0.6) is 5.75 Å². The molecule has 3 heteroatoms. The predicted octanol–water partition coefficient (Wildman–Crippen LogP) is 3.39. The Morgan fingerprint density at radius 2 is 1.90 bits per heavy atom. The lowest BCUT2D eigenvalue weighted by Gasteiger charge is -2.12. The van der Waals surface area contributed by atoms with Crippen LogP contribution in [0.25, 0.3) is 10.9 Å². The normalized spacial score (nSPS) is 14.1. The van der Waals surface area contributed by atoms with E-state index in [4.69, 9.17) is 4.74 Å². The first kappa shape index (κ1) is 12.5. The first-order valence-electron chi connectivity index (χ1n) is 7.42. The summed E-state index contributed by atoms with van der Waals surface area (Å²) in [6, 6.07) is 16.6. The molecule has 21 heavy (non-hydrogen) atoms. The SMILES string of the molecule is c1ccc(COc2cccc3c4c([nH]c23)CNCC4)cc1. The highest BCUT2D eigenvalue weighted by Gasteiger charge is 2.16. The fourth-order valence-corrected chi connectivity index (χ4v) is 3.02. The van der Waals surface area contributed by atoms with Crippen LogP contribution in [0.1, 0.15) is 16.8 Å². The van der Waals surface area contributed by atoms with E-state index < -0.39 is 0 Å². The molecule has 3 nitrogen and oxygen atoms in total. The first-order valence-corrected chi connectivity index (χ1v) is 7.42. The molecule has 2 heterocycles. The number of hydrogen-bond acceptors (Lipinski definition) is 2. The summed E-state index contributed by atoms with van der Waals surface area (Å²) in [6.45, 7) is 2.57. The van der Waals surface area contributed by atoms with Gasteiger partial charge >= 0.3 is 0 Å².